The zero-order valence-corrected chi connectivity index (χ0v) is 14.5. The van der Waals surface area contributed by atoms with Crippen LogP contribution < -0.4 is 0 Å². The van der Waals surface area contributed by atoms with Crippen LogP contribution in [0.1, 0.15) is 47.9 Å². The summed E-state index contributed by atoms with van der Waals surface area (Å²) in [6.07, 6.45) is 2.77. The van der Waals surface area contributed by atoms with Crippen molar-refractivity contribution in [3.63, 3.8) is 0 Å². The van der Waals surface area contributed by atoms with Gasteiger partial charge in [-0.15, -0.1) is 0 Å². The Hall–Kier alpha value is -1.34. The Kier molecular flexibility index (Phi) is 4.97. The van der Waals surface area contributed by atoms with Crippen molar-refractivity contribution in [2.45, 2.75) is 44.9 Å². The molecule has 1 fully saturated rings. The first-order valence-corrected chi connectivity index (χ1v) is 9.09. The fourth-order valence-corrected chi connectivity index (χ4v) is 4.91. The molecule has 2 rings (SSSR count). The minimum atomic E-state index is -3.68. The normalized spacial score (nSPS) is 16.7. The fraction of sp³-hybridized carbons (Fsp3) is 0.667. The van der Waals surface area contributed by atoms with Crippen LogP contribution in [0, 0.1) is 13.8 Å². The standard InChI is InChI=1S/C15H24N2O4S/c1-5-21-15(18)13-11(2)16(4)12(3)14(13)22(19,20)17-9-7-6-8-10-17/h5-10H2,1-4H3. The number of hydrogen-bond acceptors (Lipinski definition) is 4. The summed E-state index contributed by atoms with van der Waals surface area (Å²) >= 11 is 0. The molecule has 0 aromatic carbocycles. The lowest BCUT2D eigenvalue weighted by Gasteiger charge is -2.26. The molecular weight excluding hydrogens is 304 g/mol. The third-order valence-corrected chi connectivity index (χ3v) is 6.38. The minimum Gasteiger partial charge on any atom is -0.462 e. The number of rotatable bonds is 4. The van der Waals surface area contributed by atoms with E-state index < -0.39 is 16.0 Å². The summed E-state index contributed by atoms with van der Waals surface area (Å²) in [5.41, 5.74) is 1.37. The van der Waals surface area contributed by atoms with Crippen LogP contribution >= 0.6 is 0 Å². The van der Waals surface area contributed by atoms with E-state index in [1.165, 1.54) is 4.31 Å². The summed E-state index contributed by atoms with van der Waals surface area (Å²) < 4.78 is 34.3. The molecule has 1 aromatic heterocycles. The molecular formula is C15H24N2O4S. The van der Waals surface area contributed by atoms with Crippen LogP contribution in [0.25, 0.3) is 0 Å². The predicted octanol–water partition coefficient (Wildman–Crippen LogP) is 1.99. The van der Waals surface area contributed by atoms with Crippen LogP contribution in [0.15, 0.2) is 4.90 Å². The van der Waals surface area contributed by atoms with Gasteiger partial charge in [0.1, 0.15) is 10.5 Å². The Morgan fingerprint density at radius 3 is 2.27 bits per heavy atom. The Balaban J connectivity index is 2.58. The van der Waals surface area contributed by atoms with Gasteiger partial charge in [0.25, 0.3) is 0 Å². The van der Waals surface area contributed by atoms with Crippen molar-refractivity contribution in [3.05, 3.63) is 17.0 Å². The van der Waals surface area contributed by atoms with Gasteiger partial charge >= 0.3 is 5.97 Å². The van der Waals surface area contributed by atoms with E-state index >= 15 is 0 Å². The highest BCUT2D eigenvalue weighted by Gasteiger charge is 2.35. The van der Waals surface area contributed by atoms with Crippen molar-refractivity contribution in [1.29, 1.82) is 0 Å². The first kappa shape index (κ1) is 17.0. The summed E-state index contributed by atoms with van der Waals surface area (Å²) in [7, 11) is -1.91. The SMILES string of the molecule is CCOC(=O)c1c(S(=O)(=O)N2CCCCC2)c(C)n(C)c1C. The number of carbonyl (C=O) groups excluding carboxylic acids is 1. The number of hydrogen-bond donors (Lipinski definition) is 0. The molecule has 0 spiro atoms. The van der Waals surface area contributed by atoms with E-state index in [1.54, 1.807) is 32.4 Å². The minimum absolute atomic E-state index is 0.104. The van der Waals surface area contributed by atoms with Gasteiger partial charge in [-0.1, -0.05) is 6.42 Å². The lowest BCUT2D eigenvalue weighted by atomic mass is 10.2. The van der Waals surface area contributed by atoms with Gasteiger partial charge in [-0.3, -0.25) is 0 Å². The fourth-order valence-electron chi connectivity index (χ4n) is 2.91. The molecule has 6 nitrogen and oxygen atoms in total. The highest BCUT2D eigenvalue weighted by atomic mass is 32.2. The number of aromatic nitrogens is 1. The largest absolute Gasteiger partial charge is 0.462 e. The Morgan fingerprint density at radius 2 is 1.73 bits per heavy atom. The molecule has 0 bridgehead atoms. The summed E-state index contributed by atoms with van der Waals surface area (Å²) in [5.74, 6) is -0.570. The summed E-state index contributed by atoms with van der Waals surface area (Å²) in [6, 6.07) is 0. The molecule has 0 N–H and O–H groups in total. The van der Waals surface area contributed by atoms with E-state index in [4.69, 9.17) is 4.74 Å². The highest BCUT2D eigenvalue weighted by molar-refractivity contribution is 7.89. The second-order valence-electron chi connectivity index (χ2n) is 5.62. The van der Waals surface area contributed by atoms with E-state index in [-0.39, 0.29) is 17.1 Å². The van der Waals surface area contributed by atoms with Gasteiger partial charge < -0.3 is 9.30 Å². The van der Waals surface area contributed by atoms with Gasteiger partial charge in [0.05, 0.1) is 6.61 Å². The zero-order valence-electron chi connectivity index (χ0n) is 13.7. The molecule has 0 amide bonds. The van der Waals surface area contributed by atoms with E-state index in [2.05, 4.69) is 0 Å². The molecule has 0 aliphatic carbocycles. The quantitative estimate of drug-likeness (QED) is 0.793. The van der Waals surface area contributed by atoms with Crippen molar-refractivity contribution in [2.24, 2.45) is 7.05 Å². The van der Waals surface area contributed by atoms with Crippen molar-refractivity contribution in [3.8, 4) is 0 Å². The third kappa shape index (κ3) is 2.79. The van der Waals surface area contributed by atoms with Crippen molar-refractivity contribution in [1.82, 2.24) is 8.87 Å². The molecule has 0 saturated carbocycles. The van der Waals surface area contributed by atoms with Crippen LogP contribution in [-0.4, -0.2) is 43.0 Å². The number of sulfonamides is 1. The third-order valence-electron chi connectivity index (χ3n) is 4.32. The molecule has 1 saturated heterocycles. The average molecular weight is 328 g/mol. The molecule has 0 unspecified atom stereocenters. The summed E-state index contributed by atoms with van der Waals surface area (Å²) in [6.45, 7) is 6.42. The Bertz CT molecular complexity index is 670. The van der Waals surface area contributed by atoms with E-state index in [0.29, 0.717) is 24.5 Å². The zero-order chi connectivity index (χ0) is 16.5. The monoisotopic (exact) mass is 328 g/mol. The summed E-state index contributed by atoms with van der Waals surface area (Å²) in [4.78, 5) is 12.4. The van der Waals surface area contributed by atoms with Crippen molar-refractivity contribution >= 4 is 16.0 Å². The number of carbonyl (C=O) groups is 1. The topological polar surface area (TPSA) is 68.6 Å². The van der Waals surface area contributed by atoms with Crippen LogP contribution in [0.4, 0.5) is 0 Å². The first-order valence-electron chi connectivity index (χ1n) is 7.65. The molecule has 0 radical (unpaired) electrons. The van der Waals surface area contributed by atoms with Gasteiger partial charge in [0.15, 0.2) is 0 Å². The molecule has 7 heteroatoms. The molecule has 1 aliphatic rings. The first-order chi connectivity index (χ1) is 10.3. The maximum absolute atomic E-state index is 13.0. The van der Waals surface area contributed by atoms with Gasteiger partial charge in [0.2, 0.25) is 10.0 Å². The summed E-state index contributed by atoms with van der Waals surface area (Å²) in [5, 5.41) is 0. The van der Waals surface area contributed by atoms with Crippen LogP contribution in [0.2, 0.25) is 0 Å². The lowest BCUT2D eigenvalue weighted by Crippen LogP contribution is -2.36. The maximum atomic E-state index is 13.0. The second-order valence-corrected chi connectivity index (χ2v) is 7.49. The van der Waals surface area contributed by atoms with Gasteiger partial charge in [-0.05, 0) is 33.6 Å². The van der Waals surface area contributed by atoms with Crippen molar-refractivity contribution < 1.29 is 17.9 Å². The maximum Gasteiger partial charge on any atom is 0.341 e. The lowest BCUT2D eigenvalue weighted by molar-refractivity contribution is 0.0521. The van der Waals surface area contributed by atoms with E-state index in [1.807, 2.05) is 0 Å². The van der Waals surface area contributed by atoms with Crippen LogP contribution in [0.5, 0.6) is 0 Å². The number of ether oxygens (including phenoxy) is 1. The Morgan fingerprint density at radius 1 is 1.14 bits per heavy atom. The second kappa shape index (κ2) is 6.42. The molecule has 2 heterocycles. The molecule has 1 aliphatic heterocycles. The molecule has 1 aromatic rings. The average Bonchev–Trinajstić information content (AvgIpc) is 2.73. The number of esters is 1. The van der Waals surface area contributed by atoms with Crippen LogP contribution in [0.3, 0.4) is 0 Å². The van der Waals surface area contributed by atoms with Gasteiger partial charge in [0, 0.05) is 31.5 Å². The van der Waals surface area contributed by atoms with Gasteiger partial charge in [-0.25, -0.2) is 13.2 Å². The van der Waals surface area contributed by atoms with Crippen molar-refractivity contribution in [2.75, 3.05) is 19.7 Å². The Labute approximate surface area is 132 Å². The number of piperidine rings is 1. The number of nitrogens with zero attached hydrogens (tertiary/aromatic N) is 2. The molecule has 0 atom stereocenters. The van der Waals surface area contributed by atoms with Crippen LogP contribution in [-0.2, 0) is 21.8 Å². The van der Waals surface area contributed by atoms with E-state index in [0.717, 1.165) is 19.3 Å². The molecule has 124 valence electrons. The predicted molar refractivity (Wildman–Crippen MR) is 83.5 cm³/mol. The van der Waals surface area contributed by atoms with E-state index in [9.17, 15) is 13.2 Å². The van der Waals surface area contributed by atoms with Gasteiger partial charge in [-0.2, -0.15) is 4.31 Å². The highest BCUT2D eigenvalue weighted by Crippen LogP contribution is 2.30. The smallest absolute Gasteiger partial charge is 0.341 e. The molecule has 22 heavy (non-hydrogen) atoms.